The predicted molar refractivity (Wildman–Crippen MR) is 116 cm³/mol. The lowest BCUT2D eigenvalue weighted by atomic mass is 10.1. The van der Waals surface area contributed by atoms with Gasteiger partial charge in [0.1, 0.15) is 5.69 Å². The quantitative estimate of drug-likeness (QED) is 0.405. The summed E-state index contributed by atoms with van der Waals surface area (Å²) in [6.07, 6.45) is 3.80. The van der Waals surface area contributed by atoms with Crippen LogP contribution in [-0.4, -0.2) is 25.5 Å². The number of para-hydroxylation sites is 1. The average molecular weight is 429 g/mol. The van der Waals surface area contributed by atoms with Gasteiger partial charge in [-0.1, -0.05) is 24.3 Å². The Labute approximate surface area is 172 Å². The fraction of sp³-hybridized carbons (Fsp3) is 0.105. The van der Waals surface area contributed by atoms with Crippen molar-refractivity contribution in [3.05, 3.63) is 72.1 Å². The molecule has 1 unspecified atom stereocenters. The highest BCUT2D eigenvalue weighted by atomic mass is 32.2. The molecule has 0 saturated heterocycles. The number of nitrogens with zero attached hydrogens (tertiary/aromatic N) is 1. The van der Waals surface area contributed by atoms with E-state index in [1.54, 1.807) is 30.1 Å². The summed E-state index contributed by atoms with van der Waals surface area (Å²) in [6, 6.07) is 15.8. The van der Waals surface area contributed by atoms with Crippen molar-refractivity contribution in [2.24, 2.45) is 15.9 Å². The van der Waals surface area contributed by atoms with Gasteiger partial charge in [-0.05, 0) is 36.6 Å². The van der Waals surface area contributed by atoms with E-state index in [0.29, 0.717) is 11.4 Å². The van der Waals surface area contributed by atoms with Crippen molar-refractivity contribution in [3.63, 3.8) is 0 Å². The standard InChI is InChI=1S/C19H20N6O2S2/c1-28-16-5-3-2-4-14(16)23-18-17-15(10-11-22-17)24-19(20,25-18)12-6-8-13(9-7-12)29(21,26)27/h2-11,22,24H,20H2,1H3,(H,23,25)(H2,21,26,27). The van der Waals surface area contributed by atoms with Gasteiger partial charge < -0.3 is 15.6 Å². The van der Waals surface area contributed by atoms with Gasteiger partial charge in [-0.2, -0.15) is 0 Å². The molecule has 0 radical (unpaired) electrons. The molecule has 7 N–H and O–H groups in total. The molecule has 0 saturated carbocycles. The fourth-order valence-electron chi connectivity index (χ4n) is 3.14. The van der Waals surface area contributed by atoms with Crippen molar-refractivity contribution in [3.8, 4) is 0 Å². The first-order valence-corrected chi connectivity index (χ1v) is 11.5. The van der Waals surface area contributed by atoms with Crippen molar-refractivity contribution >= 4 is 39.0 Å². The predicted octanol–water partition coefficient (Wildman–Crippen LogP) is 2.44. The molecular formula is C19H20N6O2S2. The average Bonchev–Trinajstić information content (AvgIpc) is 3.16. The molecule has 2 aromatic carbocycles. The summed E-state index contributed by atoms with van der Waals surface area (Å²) in [5.74, 6) is -0.716. The number of anilines is 2. The molecule has 1 atom stereocenters. The van der Waals surface area contributed by atoms with E-state index in [1.807, 2.05) is 36.6 Å². The van der Waals surface area contributed by atoms with Gasteiger partial charge in [-0.15, -0.1) is 11.8 Å². The van der Waals surface area contributed by atoms with E-state index in [4.69, 9.17) is 15.9 Å². The van der Waals surface area contributed by atoms with E-state index in [1.165, 1.54) is 12.1 Å². The molecule has 0 bridgehead atoms. The maximum absolute atomic E-state index is 11.5. The van der Waals surface area contributed by atoms with Gasteiger partial charge in [0.2, 0.25) is 15.8 Å². The topological polar surface area (TPSA) is 138 Å². The lowest BCUT2D eigenvalue weighted by Crippen LogP contribution is -2.47. The van der Waals surface area contributed by atoms with Crippen molar-refractivity contribution in [1.29, 1.82) is 0 Å². The van der Waals surface area contributed by atoms with Crippen LogP contribution in [0.1, 0.15) is 11.3 Å². The zero-order valence-corrected chi connectivity index (χ0v) is 17.1. The van der Waals surface area contributed by atoms with Crippen LogP contribution in [0.15, 0.2) is 75.6 Å². The van der Waals surface area contributed by atoms with Crippen LogP contribution in [-0.2, 0) is 15.8 Å². The smallest absolute Gasteiger partial charge is 0.238 e. The Morgan fingerprint density at radius 1 is 1.10 bits per heavy atom. The fourth-order valence-corrected chi connectivity index (χ4v) is 4.21. The SMILES string of the molecule is CSc1ccccc1NC1=NC(N)(c2ccc(S(N)(=O)=O)cc2)Nc2cc[nH]c21. The molecule has 1 aliphatic rings. The van der Waals surface area contributed by atoms with Gasteiger partial charge >= 0.3 is 0 Å². The Morgan fingerprint density at radius 3 is 2.52 bits per heavy atom. The minimum atomic E-state index is -3.79. The number of nitrogens with one attached hydrogen (secondary N) is 3. The van der Waals surface area contributed by atoms with Gasteiger partial charge in [0.05, 0.1) is 16.3 Å². The molecular weight excluding hydrogens is 408 g/mol. The summed E-state index contributed by atoms with van der Waals surface area (Å²) in [7, 11) is -3.79. The largest absolute Gasteiger partial charge is 0.357 e. The Bertz CT molecular complexity index is 1190. The number of amidine groups is 1. The molecule has 3 aromatic rings. The lowest BCUT2D eigenvalue weighted by Gasteiger charge is -2.33. The highest BCUT2D eigenvalue weighted by Gasteiger charge is 2.34. The number of hydrogen-bond donors (Lipinski definition) is 5. The van der Waals surface area contributed by atoms with E-state index in [2.05, 4.69) is 15.6 Å². The third kappa shape index (κ3) is 3.75. The van der Waals surface area contributed by atoms with E-state index in [9.17, 15) is 8.42 Å². The van der Waals surface area contributed by atoms with Crippen LogP contribution in [0, 0.1) is 0 Å². The molecule has 0 spiro atoms. The molecule has 0 amide bonds. The van der Waals surface area contributed by atoms with E-state index in [0.717, 1.165) is 22.0 Å². The molecule has 0 aliphatic carbocycles. The van der Waals surface area contributed by atoms with Crippen LogP contribution >= 0.6 is 11.8 Å². The highest BCUT2D eigenvalue weighted by Crippen LogP contribution is 2.33. The Morgan fingerprint density at radius 2 is 1.83 bits per heavy atom. The Balaban J connectivity index is 1.76. The number of fused-ring (bicyclic) bond motifs is 1. The van der Waals surface area contributed by atoms with Crippen molar-refractivity contribution in [2.75, 3.05) is 16.9 Å². The molecule has 1 aromatic heterocycles. The molecule has 10 heteroatoms. The highest BCUT2D eigenvalue weighted by molar-refractivity contribution is 7.98. The Kier molecular flexibility index (Phi) is 4.87. The van der Waals surface area contributed by atoms with Crippen LogP contribution in [0.3, 0.4) is 0 Å². The van der Waals surface area contributed by atoms with Gasteiger partial charge in [0, 0.05) is 16.7 Å². The van der Waals surface area contributed by atoms with E-state index >= 15 is 0 Å². The van der Waals surface area contributed by atoms with Crippen molar-refractivity contribution < 1.29 is 8.42 Å². The van der Waals surface area contributed by atoms with Gasteiger partial charge in [0.15, 0.2) is 5.84 Å². The summed E-state index contributed by atoms with van der Waals surface area (Å²) in [4.78, 5) is 8.97. The molecule has 8 nitrogen and oxygen atoms in total. The molecule has 1 aliphatic heterocycles. The number of nitrogens with two attached hydrogens (primary N) is 2. The summed E-state index contributed by atoms with van der Waals surface area (Å²) in [6.45, 7) is 0. The van der Waals surface area contributed by atoms with Crippen LogP contribution in [0.5, 0.6) is 0 Å². The molecule has 2 heterocycles. The number of aromatic amines is 1. The van der Waals surface area contributed by atoms with Gasteiger partial charge in [-0.25, -0.2) is 18.5 Å². The van der Waals surface area contributed by atoms with Crippen LogP contribution in [0.2, 0.25) is 0 Å². The zero-order chi connectivity index (χ0) is 20.6. The minimum Gasteiger partial charge on any atom is -0.357 e. The maximum atomic E-state index is 11.5. The number of sulfonamides is 1. The van der Waals surface area contributed by atoms with Gasteiger partial charge in [0.25, 0.3) is 0 Å². The van der Waals surface area contributed by atoms with Crippen LogP contribution in [0.25, 0.3) is 0 Å². The minimum absolute atomic E-state index is 0.0132. The molecule has 29 heavy (non-hydrogen) atoms. The second-order valence-electron chi connectivity index (χ2n) is 6.51. The number of aromatic nitrogens is 1. The first kappa shape index (κ1) is 19.5. The second-order valence-corrected chi connectivity index (χ2v) is 8.92. The Hall–Kier alpha value is -2.79. The van der Waals surface area contributed by atoms with Crippen molar-refractivity contribution in [2.45, 2.75) is 15.6 Å². The normalized spacial score (nSPS) is 18.5. The maximum Gasteiger partial charge on any atom is 0.238 e. The zero-order valence-electron chi connectivity index (χ0n) is 15.5. The molecule has 0 fully saturated rings. The summed E-state index contributed by atoms with van der Waals surface area (Å²) in [5.41, 5.74) is 9.65. The third-order valence-electron chi connectivity index (χ3n) is 4.58. The van der Waals surface area contributed by atoms with Crippen LogP contribution < -0.4 is 21.5 Å². The summed E-state index contributed by atoms with van der Waals surface area (Å²) >= 11 is 1.62. The van der Waals surface area contributed by atoms with Gasteiger partial charge in [-0.3, -0.25) is 5.73 Å². The summed E-state index contributed by atoms with van der Waals surface area (Å²) < 4.78 is 23.1. The number of aliphatic imine (C=N–C) groups is 1. The van der Waals surface area contributed by atoms with E-state index < -0.39 is 15.8 Å². The number of H-pyrrole nitrogens is 1. The first-order valence-electron chi connectivity index (χ1n) is 8.68. The first-order chi connectivity index (χ1) is 13.8. The molecule has 150 valence electrons. The summed E-state index contributed by atoms with van der Waals surface area (Å²) in [5, 5.41) is 11.8. The third-order valence-corrected chi connectivity index (χ3v) is 6.31. The van der Waals surface area contributed by atoms with Crippen LogP contribution in [0.4, 0.5) is 11.4 Å². The van der Waals surface area contributed by atoms with E-state index in [-0.39, 0.29) is 4.90 Å². The monoisotopic (exact) mass is 428 g/mol. The van der Waals surface area contributed by atoms with Crippen molar-refractivity contribution in [1.82, 2.24) is 4.98 Å². The molecule has 4 rings (SSSR count). The number of thioether (sulfide) groups is 1. The number of benzene rings is 2. The number of rotatable bonds is 4. The number of primary sulfonamides is 1. The number of hydrogen-bond acceptors (Lipinski definition) is 7. The lowest BCUT2D eigenvalue weighted by molar-refractivity contribution is 0.537. The second kappa shape index (κ2) is 7.23.